The molecule has 2 heterocycles. The van der Waals surface area contributed by atoms with Crippen LogP contribution in [0.1, 0.15) is 12.8 Å². The quantitative estimate of drug-likeness (QED) is 0.174. The normalized spacial score (nSPS) is 52.7. The van der Waals surface area contributed by atoms with E-state index in [9.17, 15) is 30.6 Å². The molecule has 2 aliphatic heterocycles. The van der Waals surface area contributed by atoms with Gasteiger partial charge in [-0.1, -0.05) is 0 Å². The topological polar surface area (TPSA) is 262 Å². The largest absolute Gasteiger partial charge is 0.394 e. The van der Waals surface area contributed by atoms with Crippen molar-refractivity contribution in [1.82, 2.24) is 0 Å². The fourth-order valence-corrected chi connectivity index (χ4v) is 4.30. The summed E-state index contributed by atoms with van der Waals surface area (Å²) in [5, 5.41) is 59.7. The second-order valence-corrected chi connectivity index (χ2v) is 8.68. The lowest BCUT2D eigenvalue weighted by Gasteiger charge is -2.46. The molecule has 0 amide bonds. The van der Waals surface area contributed by atoms with E-state index in [0.29, 0.717) is 0 Å². The molecule has 0 radical (unpaired) electrons. The van der Waals surface area contributed by atoms with Crippen LogP contribution in [0.15, 0.2) is 0 Å². The van der Waals surface area contributed by atoms with Gasteiger partial charge in [-0.25, -0.2) is 0 Å². The Kier molecular flexibility index (Phi) is 8.79. The minimum absolute atomic E-state index is 0.0909. The Bertz CT molecular complexity index is 554. The molecule has 3 rings (SSSR count). The number of aliphatic hydroxyl groups excluding tert-OH is 6. The Hall–Kier alpha value is -0.560. The van der Waals surface area contributed by atoms with E-state index in [4.69, 9.17) is 41.9 Å². The molecule has 3 fully saturated rings. The van der Waals surface area contributed by atoms with Crippen LogP contribution in [0.5, 0.6) is 0 Å². The molecule has 0 aromatic heterocycles. The molecular formula is C18H36N4O10. The molecule has 3 aliphatic rings. The van der Waals surface area contributed by atoms with Gasteiger partial charge in [0.2, 0.25) is 0 Å². The first-order valence-electron chi connectivity index (χ1n) is 10.7. The van der Waals surface area contributed by atoms with Crippen LogP contribution < -0.4 is 22.9 Å². The molecule has 14 heteroatoms. The fourth-order valence-electron chi connectivity index (χ4n) is 4.30. The minimum atomic E-state index is -1.51. The first kappa shape index (κ1) is 26.1. The summed E-state index contributed by atoms with van der Waals surface area (Å²) < 4.78 is 22.5. The molecule has 0 unspecified atom stereocenters. The zero-order valence-corrected chi connectivity index (χ0v) is 17.5. The number of aliphatic hydroxyl groups is 6. The Balaban J connectivity index is 1.59. The lowest BCUT2D eigenvalue weighted by molar-refractivity contribution is -0.314. The molecule has 32 heavy (non-hydrogen) atoms. The smallest absolute Gasteiger partial charge is 0.186 e. The molecule has 188 valence electrons. The van der Waals surface area contributed by atoms with Crippen LogP contribution in [0, 0.1) is 0 Å². The number of hydrogen-bond donors (Lipinski definition) is 10. The molecule has 14 nitrogen and oxygen atoms in total. The third-order valence-electron chi connectivity index (χ3n) is 6.42. The predicted octanol–water partition coefficient (Wildman–Crippen LogP) is -6.26. The molecule has 1 aliphatic carbocycles. The number of hydrogen-bond acceptors (Lipinski definition) is 14. The van der Waals surface area contributed by atoms with Crippen LogP contribution in [0.2, 0.25) is 0 Å². The van der Waals surface area contributed by atoms with Crippen molar-refractivity contribution in [2.24, 2.45) is 22.9 Å². The van der Waals surface area contributed by atoms with Crippen molar-refractivity contribution in [2.45, 2.75) is 98.5 Å². The molecular weight excluding hydrogens is 432 g/mol. The molecule has 0 bridgehead atoms. The van der Waals surface area contributed by atoms with Crippen LogP contribution >= 0.6 is 0 Å². The summed E-state index contributed by atoms with van der Waals surface area (Å²) in [6.07, 6.45) is -12.4. The van der Waals surface area contributed by atoms with Crippen LogP contribution in [-0.2, 0) is 18.9 Å². The van der Waals surface area contributed by atoms with E-state index in [1.54, 1.807) is 0 Å². The molecule has 0 spiro atoms. The first-order valence-corrected chi connectivity index (χ1v) is 10.7. The number of ether oxygens (including phenoxy) is 4. The van der Waals surface area contributed by atoms with Crippen LogP contribution in [0.25, 0.3) is 0 Å². The maximum absolute atomic E-state index is 10.3. The van der Waals surface area contributed by atoms with Gasteiger partial charge in [0.25, 0.3) is 0 Å². The summed E-state index contributed by atoms with van der Waals surface area (Å²) >= 11 is 0. The summed E-state index contributed by atoms with van der Waals surface area (Å²) in [6.45, 7) is -0.603. The lowest BCUT2D eigenvalue weighted by Crippen LogP contribution is -2.65. The Morgan fingerprint density at radius 2 is 1.19 bits per heavy atom. The molecule has 0 aromatic rings. The first-order chi connectivity index (χ1) is 15.1. The third-order valence-corrected chi connectivity index (χ3v) is 6.42. The minimum Gasteiger partial charge on any atom is -0.394 e. The predicted molar refractivity (Wildman–Crippen MR) is 106 cm³/mol. The van der Waals surface area contributed by atoms with Gasteiger partial charge in [-0.15, -0.1) is 0 Å². The summed E-state index contributed by atoms with van der Waals surface area (Å²) in [6, 6.07) is -2.32. The van der Waals surface area contributed by atoms with Gasteiger partial charge >= 0.3 is 0 Å². The lowest BCUT2D eigenvalue weighted by atomic mass is 9.86. The zero-order chi connectivity index (χ0) is 23.7. The van der Waals surface area contributed by atoms with E-state index in [1.807, 2.05) is 0 Å². The second-order valence-electron chi connectivity index (χ2n) is 8.68. The highest BCUT2D eigenvalue weighted by molar-refractivity contribution is 4.97. The fraction of sp³-hybridized carbons (Fsp3) is 1.00. The molecule has 2 saturated heterocycles. The zero-order valence-electron chi connectivity index (χ0n) is 17.5. The summed E-state index contributed by atoms with van der Waals surface area (Å²) in [4.78, 5) is 0. The van der Waals surface area contributed by atoms with Crippen molar-refractivity contribution in [3.05, 3.63) is 0 Å². The van der Waals surface area contributed by atoms with Gasteiger partial charge in [-0.2, -0.15) is 0 Å². The second kappa shape index (κ2) is 10.8. The van der Waals surface area contributed by atoms with Crippen molar-refractivity contribution < 1.29 is 49.6 Å². The van der Waals surface area contributed by atoms with Crippen molar-refractivity contribution in [2.75, 3.05) is 13.2 Å². The highest BCUT2D eigenvalue weighted by Gasteiger charge is 2.48. The van der Waals surface area contributed by atoms with E-state index in [1.165, 1.54) is 0 Å². The van der Waals surface area contributed by atoms with Gasteiger partial charge in [0.05, 0.1) is 24.9 Å². The summed E-state index contributed by atoms with van der Waals surface area (Å²) in [5.41, 5.74) is 23.8. The van der Waals surface area contributed by atoms with E-state index in [2.05, 4.69) is 0 Å². The van der Waals surface area contributed by atoms with E-state index >= 15 is 0 Å². The molecule has 14 atom stereocenters. The van der Waals surface area contributed by atoms with E-state index in [-0.39, 0.29) is 19.4 Å². The third kappa shape index (κ3) is 5.24. The van der Waals surface area contributed by atoms with Crippen molar-refractivity contribution in [3.63, 3.8) is 0 Å². The van der Waals surface area contributed by atoms with Crippen molar-refractivity contribution in [3.8, 4) is 0 Å². The van der Waals surface area contributed by atoms with E-state index < -0.39 is 92.2 Å². The van der Waals surface area contributed by atoms with Gasteiger partial charge in [-0.05, 0) is 12.8 Å². The standard InChI is InChI=1S/C18H36N4O10/c19-3-9-13(25)15(27)16(28)18(31-9)30-8-2-5(20)7(1-6(8)21)29-17-14(26)11(22)12(24)10(4-23)32-17/h5-18,23-28H,1-4,19-22H2/t5-,6-,7-,8-,9-,10-,11+,12-,13-,14-,15+,16-,17+,18+/m0/s1. The van der Waals surface area contributed by atoms with Crippen LogP contribution in [-0.4, -0.2) is 129 Å². The summed E-state index contributed by atoms with van der Waals surface area (Å²) in [7, 11) is 0. The van der Waals surface area contributed by atoms with Crippen LogP contribution in [0.3, 0.4) is 0 Å². The molecule has 14 N–H and O–H groups in total. The summed E-state index contributed by atoms with van der Waals surface area (Å²) in [5.74, 6) is 0. The van der Waals surface area contributed by atoms with Gasteiger partial charge in [0, 0.05) is 18.6 Å². The highest BCUT2D eigenvalue weighted by atomic mass is 16.7. The maximum Gasteiger partial charge on any atom is 0.186 e. The monoisotopic (exact) mass is 468 g/mol. The van der Waals surface area contributed by atoms with Crippen molar-refractivity contribution >= 4 is 0 Å². The average Bonchev–Trinajstić information content (AvgIpc) is 2.77. The Morgan fingerprint density at radius 3 is 1.69 bits per heavy atom. The Labute approximate surface area is 185 Å². The maximum atomic E-state index is 10.3. The van der Waals surface area contributed by atoms with E-state index in [0.717, 1.165) is 0 Å². The van der Waals surface area contributed by atoms with Gasteiger partial charge in [0.15, 0.2) is 12.6 Å². The molecule has 0 aromatic carbocycles. The Morgan fingerprint density at radius 1 is 0.688 bits per heavy atom. The molecule has 1 saturated carbocycles. The number of rotatable bonds is 6. The highest BCUT2D eigenvalue weighted by Crippen LogP contribution is 2.30. The van der Waals surface area contributed by atoms with Crippen molar-refractivity contribution in [1.29, 1.82) is 0 Å². The SMILES string of the molecule is NC[C@@H]1O[C@@H](O[C@H]2C[C@H](N)[C@@H](O[C@@H]3O[C@@H](CO)[C@H](O)[C@@H](N)[C@@H]3O)C[C@@H]2N)[C@@H](O)[C@H](O)[C@H]1O. The average molecular weight is 469 g/mol. The van der Waals surface area contributed by atoms with Gasteiger partial charge in [0.1, 0.15) is 42.7 Å². The van der Waals surface area contributed by atoms with Gasteiger partial charge < -0.3 is 72.5 Å². The number of nitrogens with two attached hydrogens (primary N) is 4. The van der Waals surface area contributed by atoms with Gasteiger partial charge in [-0.3, -0.25) is 0 Å². The van der Waals surface area contributed by atoms with Crippen LogP contribution in [0.4, 0.5) is 0 Å².